The Hall–Kier alpha value is -2.02. The molecule has 1 N–H and O–H groups in total. The third kappa shape index (κ3) is 2.87. The average Bonchev–Trinajstić information content (AvgIpc) is 2.46. The van der Waals surface area contributed by atoms with E-state index in [1.165, 1.54) is 0 Å². The van der Waals surface area contributed by atoms with Crippen molar-refractivity contribution in [3.63, 3.8) is 0 Å². The predicted octanol–water partition coefficient (Wildman–Crippen LogP) is 3.47. The summed E-state index contributed by atoms with van der Waals surface area (Å²) in [6.45, 7) is -0.0766. The lowest BCUT2D eigenvalue weighted by Gasteiger charge is -2.20. The van der Waals surface area contributed by atoms with Crippen LogP contribution in [0.3, 0.4) is 0 Å². The van der Waals surface area contributed by atoms with Crippen LogP contribution in [0.1, 0.15) is 11.1 Å². The Bertz CT molecular complexity index is 634. The van der Waals surface area contributed by atoms with Crippen LogP contribution in [0, 0.1) is 11.3 Å². The van der Waals surface area contributed by atoms with Crippen LogP contribution >= 0.6 is 11.6 Å². The van der Waals surface area contributed by atoms with Crippen molar-refractivity contribution in [2.24, 2.45) is 0 Å². The van der Waals surface area contributed by atoms with Gasteiger partial charge in [0.15, 0.2) is 0 Å². The van der Waals surface area contributed by atoms with E-state index in [9.17, 15) is 0 Å². The molecule has 0 spiro atoms. The van der Waals surface area contributed by atoms with Gasteiger partial charge in [0, 0.05) is 23.4 Å². The zero-order chi connectivity index (χ0) is 13.8. The number of hydrogen-bond donors (Lipinski definition) is 1. The fourth-order valence-corrected chi connectivity index (χ4v) is 2.04. The number of hydrogen-bond acceptors (Lipinski definition) is 3. The van der Waals surface area contributed by atoms with Crippen molar-refractivity contribution in [2.45, 2.75) is 6.61 Å². The van der Waals surface area contributed by atoms with Crippen LogP contribution in [0.4, 0.5) is 11.4 Å². The van der Waals surface area contributed by atoms with Gasteiger partial charge in [-0.1, -0.05) is 23.7 Å². The van der Waals surface area contributed by atoms with Gasteiger partial charge in [-0.25, -0.2) is 0 Å². The van der Waals surface area contributed by atoms with E-state index in [2.05, 4.69) is 6.07 Å². The van der Waals surface area contributed by atoms with Gasteiger partial charge in [-0.15, -0.1) is 0 Å². The molecule has 0 unspecified atom stereocenters. The largest absolute Gasteiger partial charge is 0.392 e. The molecule has 0 aliphatic heterocycles. The van der Waals surface area contributed by atoms with E-state index in [1.54, 1.807) is 18.2 Å². The molecule has 0 fully saturated rings. The number of nitriles is 1. The van der Waals surface area contributed by atoms with Crippen molar-refractivity contribution in [1.82, 2.24) is 0 Å². The van der Waals surface area contributed by atoms with Crippen LogP contribution in [0.15, 0.2) is 42.5 Å². The molecule has 0 saturated heterocycles. The first-order chi connectivity index (χ1) is 9.15. The maximum Gasteiger partial charge on any atom is 0.0992 e. The van der Waals surface area contributed by atoms with Crippen LogP contribution in [0.5, 0.6) is 0 Å². The Balaban J connectivity index is 2.36. The molecular weight excluding hydrogens is 260 g/mol. The maximum atomic E-state index is 9.10. The van der Waals surface area contributed by atoms with Gasteiger partial charge in [-0.3, -0.25) is 0 Å². The second kappa shape index (κ2) is 5.75. The summed E-state index contributed by atoms with van der Waals surface area (Å²) < 4.78 is 0. The van der Waals surface area contributed by atoms with Gasteiger partial charge >= 0.3 is 0 Å². The lowest BCUT2D eigenvalue weighted by atomic mass is 10.1. The highest BCUT2D eigenvalue weighted by atomic mass is 35.5. The summed E-state index contributed by atoms with van der Waals surface area (Å²) in [5.41, 5.74) is 3.12. The van der Waals surface area contributed by atoms with Gasteiger partial charge in [0.1, 0.15) is 0 Å². The minimum Gasteiger partial charge on any atom is -0.392 e. The smallest absolute Gasteiger partial charge is 0.0992 e. The second-order valence-corrected chi connectivity index (χ2v) is 4.56. The molecule has 0 amide bonds. The third-order valence-electron chi connectivity index (χ3n) is 2.96. The average molecular weight is 273 g/mol. The summed E-state index contributed by atoms with van der Waals surface area (Å²) in [7, 11) is 1.90. The molecule has 96 valence electrons. The molecule has 0 heterocycles. The summed E-state index contributed by atoms with van der Waals surface area (Å²) in [4.78, 5) is 1.94. The molecule has 2 aromatic rings. The van der Waals surface area contributed by atoms with Crippen molar-refractivity contribution in [3.05, 3.63) is 58.6 Å². The van der Waals surface area contributed by atoms with Crippen LogP contribution in [0.2, 0.25) is 5.02 Å². The van der Waals surface area contributed by atoms with Gasteiger partial charge in [-0.2, -0.15) is 5.26 Å². The van der Waals surface area contributed by atoms with Crippen molar-refractivity contribution in [3.8, 4) is 6.07 Å². The molecule has 0 bridgehead atoms. The van der Waals surface area contributed by atoms with E-state index in [1.807, 2.05) is 36.2 Å². The molecule has 2 aromatic carbocycles. The van der Waals surface area contributed by atoms with Crippen LogP contribution in [-0.4, -0.2) is 12.2 Å². The number of nitrogens with zero attached hydrogens (tertiary/aromatic N) is 2. The van der Waals surface area contributed by atoms with E-state index in [0.717, 1.165) is 11.4 Å². The first kappa shape index (κ1) is 13.4. The topological polar surface area (TPSA) is 47.3 Å². The summed E-state index contributed by atoms with van der Waals surface area (Å²) in [6.07, 6.45) is 0. The molecule has 0 radical (unpaired) electrons. The molecule has 0 saturated carbocycles. The second-order valence-electron chi connectivity index (χ2n) is 4.15. The van der Waals surface area contributed by atoms with Crippen LogP contribution in [0.25, 0.3) is 0 Å². The number of benzene rings is 2. The lowest BCUT2D eigenvalue weighted by Crippen LogP contribution is -2.09. The number of halogens is 1. The van der Waals surface area contributed by atoms with Gasteiger partial charge in [-0.05, 0) is 35.9 Å². The molecule has 2 rings (SSSR count). The van der Waals surface area contributed by atoms with Gasteiger partial charge in [0.2, 0.25) is 0 Å². The first-order valence-corrected chi connectivity index (χ1v) is 6.16. The minimum atomic E-state index is -0.0766. The Labute approximate surface area is 117 Å². The van der Waals surface area contributed by atoms with E-state index in [0.29, 0.717) is 16.1 Å². The maximum absolute atomic E-state index is 9.10. The zero-order valence-electron chi connectivity index (χ0n) is 10.5. The number of aliphatic hydroxyl groups excluding tert-OH is 1. The Morgan fingerprint density at radius 2 is 1.95 bits per heavy atom. The van der Waals surface area contributed by atoms with E-state index in [-0.39, 0.29) is 6.61 Å². The van der Waals surface area contributed by atoms with Crippen molar-refractivity contribution in [1.29, 1.82) is 5.26 Å². The minimum absolute atomic E-state index is 0.0766. The van der Waals surface area contributed by atoms with Gasteiger partial charge < -0.3 is 10.0 Å². The molecule has 3 nitrogen and oxygen atoms in total. The van der Waals surface area contributed by atoms with E-state index in [4.69, 9.17) is 22.0 Å². The molecule has 0 atom stereocenters. The first-order valence-electron chi connectivity index (χ1n) is 5.79. The van der Waals surface area contributed by atoms with Crippen molar-refractivity contribution in [2.75, 3.05) is 11.9 Å². The summed E-state index contributed by atoms with van der Waals surface area (Å²) in [5, 5.41) is 18.5. The molecule has 0 aliphatic carbocycles. The zero-order valence-corrected chi connectivity index (χ0v) is 11.2. The Morgan fingerprint density at radius 1 is 1.21 bits per heavy atom. The fraction of sp³-hybridized carbons (Fsp3) is 0.133. The highest BCUT2D eigenvalue weighted by Crippen LogP contribution is 2.28. The lowest BCUT2D eigenvalue weighted by molar-refractivity contribution is 0.282. The van der Waals surface area contributed by atoms with Gasteiger partial charge in [0.05, 0.1) is 18.2 Å². The predicted molar refractivity (Wildman–Crippen MR) is 76.6 cm³/mol. The number of aliphatic hydroxyl groups is 1. The van der Waals surface area contributed by atoms with Crippen LogP contribution < -0.4 is 4.90 Å². The molecular formula is C15H13ClN2O. The molecule has 19 heavy (non-hydrogen) atoms. The molecule has 0 aliphatic rings. The van der Waals surface area contributed by atoms with Crippen molar-refractivity contribution >= 4 is 23.0 Å². The SMILES string of the molecule is CN(c1cccc(C#N)c1)c1ccc(CO)c(Cl)c1. The highest BCUT2D eigenvalue weighted by molar-refractivity contribution is 6.31. The normalized spacial score (nSPS) is 10.0. The Morgan fingerprint density at radius 3 is 2.58 bits per heavy atom. The molecule has 0 aromatic heterocycles. The van der Waals surface area contributed by atoms with Gasteiger partial charge in [0.25, 0.3) is 0 Å². The quantitative estimate of drug-likeness (QED) is 0.931. The van der Waals surface area contributed by atoms with Crippen LogP contribution in [-0.2, 0) is 6.61 Å². The van der Waals surface area contributed by atoms with Crippen molar-refractivity contribution < 1.29 is 5.11 Å². The fourth-order valence-electron chi connectivity index (χ4n) is 1.81. The standard InChI is InChI=1S/C15H13ClN2O/c1-18(13-4-2-3-11(7-13)9-17)14-6-5-12(10-19)15(16)8-14/h2-8,19H,10H2,1H3. The summed E-state index contributed by atoms with van der Waals surface area (Å²) in [6, 6.07) is 14.9. The summed E-state index contributed by atoms with van der Waals surface area (Å²) in [5.74, 6) is 0. The summed E-state index contributed by atoms with van der Waals surface area (Å²) >= 11 is 6.08. The van der Waals surface area contributed by atoms with E-state index < -0.39 is 0 Å². The van der Waals surface area contributed by atoms with E-state index >= 15 is 0 Å². The number of anilines is 2. The molecule has 4 heteroatoms. The number of rotatable bonds is 3. The monoisotopic (exact) mass is 272 g/mol. The highest BCUT2D eigenvalue weighted by Gasteiger charge is 2.07. The third-order valence-corrected chi connectivity index (χ3v) is 3.31. The Kier molecular flexibility index (Phi) is 4.06.